The standard InChI is InChI=1S/C13H18BrClN2O/c1-8(2)13(3,7-16)17-12(18)9-4-10(14)6-11(15)5-9/h4-6,8H,7,16H2,1-3H3,(H,17,18). The van der Waals surface area contributed by atoms with Crippen molar-refractivity contribution < 1.29 is 4.79 Å². The van der Waals surface area contributed by atoms with Gasteiger partial charge in [0.1, 0.15) is 0 Å². The number of rotatable bonds is 4. The molecule has 0 saturated carbocycles. The summed E-state index contributed by atoms with van der Waals surface area (Å²) in [7, 11) is 0. The van der Waals surface area contributed by atoms with Crippen molar-refractivity contribution in [3.05, 3.63) is 33.3 Å². The summed E-state index contributed by atoms with van der Waals surface area (Å²) < 4.78 is 0.777. The molecule has 0 aromatic heterocycles. The van der Waals surface area contributed by atoms with Crippen molar-refractivity contribution in [3.8, 4) is 0 Å². The van der Waals surface area contributed by atoms with Gasteiger partial charge >= 0.3 is 0 Å². The average Bonchev–Trinajstić information content (AvgIpc) is 2.27. The summed E-state index contributed by atoms with van der Waals surface area (Å²) in [4.78, 5) is 12.2. The van der Waals surface area contributed by atoms with E-state index in [9.17, 15) is 4.79 Å². The lowest BCUT2D eigenvalue weighted by Gasteiger charge is -2.33. The van der Waals surface area contributed by atoms with Crippen LogP contribution in [0.15, 0.2) is 22.7 Å². The number of carbonyl (C=O) groups excluding carboxylic acids is 1. The summed E-state index contributed by atoms with van der Waals surface area (Å²) in [6.45, 7) is 6.38. The quantitative estimate of drug-likeness (QED) is 0.889. The number of benzene rings is 1. The SMILES string of the molecule is CC(C)C(C)(CN)NC(=O)c1cc(Cl)cc(Br)c1. The molecule has 3 nitrogen and oxygen atoms in total. The Morgan fingerprint density at radius 3 is 2.56 bits per heavy atom. The highest BCUT2D eigenvalue weighted by Crippen LogP contribution is 2.21. The van der Waals surface area contributed by atoms with Crippen molar-refractivity contribution in [2.24, 2.45) is 11.7 Å². The van der Waals surface area contributed by atoms with E-state index in [2.05, 4.69) is 21.2 Å². The van der Waals surface area contributed by atoms with Crippen LogP contribution in [-0.2, 0) is 0 Å². The molecular weight excluding hydrogens is 316 g/mol. The van der Waals surface area contributed by atoms with Gasteiger partial charge in [-0.2, -0.15) is 0 Å². The van der Waals surface area contributed by atoms with E-state index >= 15 is 0 Å². The molecule has 5 heteroatoms. The number of carbonyl (C=O) groups is 1. The Morgan fingerprint density at radius 1 is 1.50 bits per heavy atom. The number of nitrogens with one attached hydrogen (secondary N) is 1. The first kappa shape index (κ1) is 15.5. The zero-order valence-electron chi connectivity index (χ0n) is 10.8. The van der Waals surface area contributed by atoms with Crippen LogP contribution >= 0.6 is 27.5 Å². The summed E-state index contributed by atoms with van der Waals surface area (Å²) in [5, 5.41) is 3.49. The van der Waals surface area contributed by atoms with Crippen LogP contribution in [0, 0.1) is 5.92 Å². The van der Waals surface area contributed by atoms with Gasteiger partial charge in [-0.25, -0.2) is 0 Å². The minimum Gasteiger partial charge on any atom is -0.345 e. The Labute approximate surface area is 121 Å². The van der Waals surface area contributed by atoms with Crippen molar-refractivity contribution in [1.82, 2.24) is 5.32 Å². The van der Waals surface area contributed by atoms with Crippen LogP contribution in [-0.4, -0.2) is 18.0 Å². The number of nitrogens with two attached hydrogens (primary N) is 1. The van der Waals surface area contributed by atoms with E-state index in [4.69, 9.17) is 17.3 Å². The molecule has 1 rings (SSSR count). The zero-order chi connectivity index (χ0) is 13.9. The maximum Gasteiger partial charge on any atom is 0.251 e. The second-order valence-corrected chi connectivity index (χ2v) is 6.24. The molecule has 0 aliphatic heterocycles. The highest BCUT2D eigenvalue weighted by Gasteiger charge is 2.28. The molecule has 0 saturated heterocycles. The summed E-state index contributed by atoms with van der Waals surface area (Å²) in [5.41, 5.74) is 5.84. The van der Waals surface area contributed by atoms with Gasteiger partial charge in [0.25, 0.3) is 5.91 Å². The van der Waals surface area contributed by atoms with Crippen molar-refractivity contribution >= 4 is 33.4 Å². The molecule has 1 aromatic carbocycles. The Kier molecular flexibility index (Phi) is 5.20. The fourth-order valence-corrected chi connectivity index (χ4v) is 2.31. The third kappa shape index (κ3) is 3.70. The number of amides is 1. The largest absolute Gasteiger partial charge is 0.345 e. The van der Waals surface area contributed by atoms with E-state index in [0.717, 1.165) is 4.47 Å². The van der Waals surface area contributed by atoms with Crippen molar-refractivity contribution in [3.63, 3.8) is 0 Å². The van der Waals surface area contributed by atoms with E-state index in [1.807, 2.05) is 20.8 Å². The highest BCUT2D eigenvalue weighted by molar-refractivity contribution is 9.10. The third-order valence-electron chi connectivity index (χ3n) is 3.22. The second kappa shape index (κ2) is 6.04. The lowest BCUT2D eigenvalue weighted by Crippen LogP contribution is -2.55. The van der Waals surface area contributed by atoms with E-state index in [1.54, 1.807) is 18.2 Å². The van der Waals surface area contributed by atoms with Crippen LogP contribution in [0.5, 0.6) is 0 Å². The van der Waals surface area contributed by atoms with Gasteiger partial charge in [0.2, 0.25) is 0 Å². The van der Waals surface area contributed by atoms with Gasteiger partial charge in [-0.1, -0.05) is 41.4 Å². The predicted molar refractivity (Wildman–Crippen MR) is 78.9 cm³/mol. The average molecular weight is 334 g/mol. The van der Waals surface area contributed by atoms with Crippen LogP contribution in [0.1, 0.15) is 31.1 Å². The minimum absolute atomic E-state index is 0.167. The van der Waals surface area contributed by atoms with Crippen molar-refractivity contribution in [1.29, 1.82) is 0 Å². The normalized spacial score (nSPS) is 14.4. The summed E-state index contributed by atoms with van der Waals surface area (Å²) in [6, 6.07) is 5.11. The Hall–Kier alpha value is -0.580. The molecular formula is C13H18BrClN2O. The molecule has 0 aliphatic rings. The molecule has 1 aromatic rings. The number of hydrogen-bond donors (Lipinski definition) is 2. The molecule has 0 aliphatic carbocycles. The van der Waals surface area contributed by atoms with Crippen LogP contribution in [0.2, 0.25) is 5.02 Å². The Morgan fingerprint density at radius 2 is 2.11 bits per heavy atom. The van der Waals surface area contributed by atoms with Crippen LogP contribution in [0.4, 0.5) is 0 Å². The highest BCUT2D eigenvalue weighted by atomic mass is 79.9. The minimum atomic E-state index is -0.425. The van der Waals surface area contributed by atoms with Gasteiger partial charge in [-0.05, 0) is 31.0 Å². The van der Waals surface area contributed by atoms with Gasteiger partial charge in [0.15, 0.2) is 0 Å². The lowest BCUT2D eigenvalue weighted by atomic mass is 9.88. The topological polar surface area (TPSA) is 55.1 Å². The maximum absolute atomic E-state index is 12.2. The van der Waals surface area contributed by atoms with Crippen molar-refractivity contribution in [2.75, 3.05) is 6.54 Å². The molecule has 18 heavy (non-hydrogen) atoms. The van der Waals surface area contributed by atoms with Crippen molar-refractivity contribution in [2.45, 2.75) is 26.3 Å². The molecule has 3 N–H and O–H groups in total. The van der Waals surface area contributed by atoms with Gasteiger partial charge < -0.3 is 11.1 Å². The summed E-state index contributed by atoms with van der Waals surface area (Å²) in [6.07, 6.45) is 0. The molecule has 100 valence electrons. The van der Waals surface area contributed by atoms with Crippen LogP contribution in [0.25, 0.3) is 0 Å². The van der Waals surface area contributed by atoms with E-state index in [1.165, 1.54) is 0 Å². The van der Waals surface area contributed by atoms with Crippen LogP contribution in [0.3, 0.4) is 0 Å². The molecule has 0 bridgehead atoms. The fraction of sp³-hybridized carbons (Fsp3) is 0.462. The fourth-order valence-electron chi connectivity index (χ4n) is 1.45. The molecule has 0 fully saturated rings. The van der Waals surface area contributed by atoms with Gasteiger partial charge in [-0.15, -0.1) is 0 Å². The van der Waals surface area contributed by atoms with E-state index in [-0.39, 0.29) is 11.8 Å². The smallest absolute Gasteiger partial charge is 0.251 e. The maximum atomic E-state index is 12.2. The predicted octanol–water partition coefficient (Wildman–Crippen LogP) is 3.21. The molecule has 1 unspecified atom stereocenters. The molecule has 0 heterocycles. The first-order chi connectivity index (χ1) is 8.28. The second-order valence-electron chi connectivity index (χ2n) is 4.89. The van der Waals surface area contributed by atoms with Gasteiger partial charge in [0.05, 0.1) is 5.54 Å². The van der Waals surface area contributed by atoms with E-state index in [0.29, 0.717) is 17.1 Å². The monoisotopic (exact) mass is 332 g/mol. The molecule has 1 atom stereocenters. The lowest BCUT2D eigenvalue weighted by molar-refractivity contribution is 0.0883. The van der Waals surface area contributed by atoms with Gasteiger partial charge in [0, 0.05) is 21.6 Å². The molecule has 1 amide bonds. The number of halogens is 2. The Balaban J connectivity index is 2.94. The Bertz CT molecular complexity index is 430. The third-order valence-corrected chi connectivity index (χ3v) is 3.90. The zero-order valence-corrected chi connectivity index (χ0v) is 13.1. The summed E-state index contributed by atoms with van der Waals surface area (Å²) in [5.74, 6) is 0.0777. The van der Waals surface area contributed by atoms with Crippen LogP contribution < -0.4 is 11.1 Å². The first-order valence-electron chi connectivity index (χ1n) is 5.77. The molecule has 0 spiro atoms. The van der Waals surface area contributed by atoms with E-state index < -0.39 is 5.54 Å². The van der Waals surface area contributed by atoms with Gasteiger partial charge in [-0.3, -0.25) is 4.79 Å². The summed E-state index contributed by atoms with van der Waals surface area (Å²) >= 11 is 9.24. The number of hydrogen-bond acceptors (Lipinski definition) is 2. The first-order valence-corrected chi connectivity index (χ1v) is 6.94. The molecule has 0 radical (unpaired) electrons.